The fraction of sp³-hybridized carbons (Fsp3) is 0. The molecule has 3 aromatic rings. The van der Waals surface area contributed by atoms with Crippen LogP contribution in [-0.4, -0.2) is 16.8 Å². The van der Waals surface area contributed by atoms with E-state index in [0.717, 1.165) is 4.47 Å². The largest absolute Gasteiger partial charge is 0.321 e. The predicted molar refractivity (Wildman–Crippen MR) is 104 cm³/mol. The first-order valence-electron chi connectivity index (χ1n) is 7.10. The van der Waals surface area contributed by atoms with Gasteiger partial charge < -0.3 is 5.32 Å². The molecule has 0 spiro atoms. The Hall–Kier alpha value is -2.22. The van der Waals surface area contributed by atoms with Gasteiger partial charge in [0.25, 0.3) is 11.8 Å². The third-order valence-electron chi connectivity index (χ3n) is 3.15. The van der Waals surface area contributed by atoms with Gasteiger partial charge in [-0.05, 0) is 42.5 Å². The van der Waals surface area contributed by atoms with Crippen molar-refractivity contribution in [1.82, 2.24) is 4.98 Å². The van der Waals surface area contributed by atoms with Crippen molar-refractivity contribution < 1.29 is 9.59 Å². The molecule has 25 heavy (non-hydrogen) atoms. The van der Waals surface area contributed by atoms with Crippen LogP contribution in [0.25, 0.3) is 0 Å². The zero-order valence-corrected chi connectivity index (χ0v) is 15.8. The van der Waals surface area contributed by atoms with Crippen molar-refractivity contribution >= 4 is 61.5 Å². The van der Waals surface area contributed by atoms with Crippen molar-refractivity contribution in [3.05, 3.63) is 74.7 Å². The average Bonchev–Trinajstić information content (AvgIpc) is 3.04. The fourth-order valence-corrected chi connectivity index (χ4v) is 3.18. The highest BCUT2D eigenvalue weighted by Gasteiger charge is 2.13. The maximum Gasteiger partial charge on any atom is 0.275 e. The van der Waals surface area contributed by atoms with E-state index in [4.69, 9.17) is 11.6 Å². The Morgan fingerprint density at radius 2 is 1.80 bits per heavy atom. The summed E-state index contributed by atoms with van der Waals surface area (Å²) in [6.07, 6.45) is 0. The molecule has 0 radical (unpaired) electrons. The first-order chi connectivity index (χ1) is 12.0. The summed E-state index contributed by atoms with van der Waals surface area (Å²) in [5.74, 6) is -0.661. The van der Waals surface area contributed by atoms with E-state index in [1.54, 1.807) is 41.8 Å². The van der Waals surface area contributed by atoms with Crippen LogP contribution in [0.4, 0.5) is 10.8 Å². The zero-order chi connectivity index (χ0) is 17.8. The summed E-state index contributed by atoms with van der Waals surface area (Å²) in [5.41, 5.74) is 1.34. The Morgan fingerprint density at radius 3 is 2.52 bits per heavy atom. The maximum atomic E-state index is 12.2. The Morgan fingerprint density at radius 1 is 1.04 bits per heavy atom. The highest BCUT2D eigenvalue weighted by Crippen LogP contribution is 2.20. The van der Waals surface area contributed by atoms with Gasteiger partial charge in [-0.1, -0.05) is 33.6 Å². The summed E-state index contributed by atoms with van der Waals surface area (Å²) in [7, 11) is 0. The molecule has 0 saturated carbocycles. The highest BCUT2D eigenvalue weighted by molar-refractivity contribution is 9.10. The molecule has 5 nitrogen and oxygen atoms in total. The van der Waals surface area contributed by atoms with Crippen LogP contribution in [-0.2, 0) is 0 Å². The molecule has 0 aliphatic carbocycles. The number of carbonyl (C=O) groups is 2. The third-order valence-corrected chi connectivity index (χ3v) is 4.65. The number of amides is 2. The number of halogens is 2. The lowest BCUT2D eigenvalue weighted by atomic mass is 10.2. The molecular weight excluding hydrogens is 426 g/mol. The van der Waals surface area contributed by atoms with Crippen molar-refractivity contribution in [2.45, 2.75) is 0 Å². The predicted octanol–water partition coefficient (Wildman–Crippen LogP) is 5.06. The fourth-order valence-electron chi connectivity index (χ4n) is 1.97. The molecule has 126 valence electrons. The SMILES string of the molecule is O=C(Nc1nc(C(=O)Nc2cccc(Br)c2)cs1)c1ccc(Cl)cc1. The first kappa shape index (κ1) is 17.6. The van der Waals surface area contributed by atoms with Gasteiger partial charge in [0.2, 0.25) is 0 Å². The first-order valence-corrected chi connectivity index (χ1v) is 9.16. The van der Waals surface area contributed by atoms with E-state index in [2.05, 4.69) is 31.5 Å². The smallest absolute Gasteiger partial charge is 0.275 e. The lowest BCUT2D eigenvalue weighted by Crippen LogP contribution is -2.14. The second-order valence-electron chi connectivity index (χ2n) is 4.96. The molecule has 2 aromatic carbocycles. The van der Waals surface area contributed by atoms with Gasteiger partial charge in [0.1, 0.15) is 5.69 Å². The summed E-state index contributed by atoms with van der Waals surface area (Å²) in [4.78, 5) is 28.5. The molecule has 2 amide bonds. The van der Waals surface area contributed by atoms with Crippen molar-refractivity contribution in [3.8, 4) is 0 Å². The molecular formula is C17H11BrClN3O2S. The molecule has 3 rings (SSSR count). The standard InChI is InChI=1S/C17H11BrClN3O2S/c18-11-2-1-3-13(8-11)20-16(24)14-9-25-17(21-14)22-15(23)10-4-6-12(19)7-5-10/h1-9H,(H,20,24)(H,21,22,23). The molecule has 2 N–H and O–H groups in total. The van der Waals surface area contributed by atoms with E-state index >= 15 is 0 Å². The van der Waals surface area contributed by atoms with Crippen LogP contribution in [0.5, 0.6) is 0 Å². The van der Waals surface area contributed by atoms with Crippen molar-refractivity contribution in [2.75, 3.05) is 10.6 Å². The van der Waals surface area contributed by atoms with Crippen LogP contribution < -0.4 is 10.6 Å². The van der Waals surface area contributed by atoms with E-state index in [-0.39, 0.29) is 17.5 Å². The van der Waals surface area contributed by atoms with Crippen molar-refractivity contribution in [1.29, 1.82) is 0 Å². The molecule has 0 atom stereocenters. The number of hydrogen-bond donors (Lipinski definition) is 2. The van der Waals surface area contributed by atoms with Gasteiger partial charge in [-0.3, -0.25) is 14.9 Å². The Balaban J connectivity index is 1.66. The highest BCUT2D eigenvalue weighted by atomic mass is 79.9. The second-order valence-corrected chi connectivity index (χ2v) is 7.17. The topological polar surface area (TPSA) is 71.1 Å². The minimum Gasteiger partial charge on any atom is -0.321 e. The number of rotatable bonds is 4. The van der Waals surface area contributed by atoms with Crippen LogP contribution in [0, 0.1) is 0 Å². The van der Waals surface area contributed by atoms with E-state index in [1.807, 2.05) is 12.1 Å². The monoisotopic (exact) mass is 435 g/mol. The number of thiazole rings is 1. The van der Waals surface area contributed by atoms with Crippen molar-refractivity contribution in [3.63, 3.8) is 0 Å². The molecule has 0 bridgehead atoms. The number of nitrogens with one attached hydrogen (secondary N) is 2. The number of benzene rings is 2. The number of nitrogens with zero attached hydrogens (tertiary/aromatic N) is 1. The average molecular weight is 437 g/mol. The Bertz CT molecular complexity index is 928. The van der Waals surface area contributed by atoms with Crippen LogP contribution in [0.1, 0.15) is 20.8 Å². The zero-order valence-electron chi connectivity index (χ0n) is 12.6. The lowest BCUT2D eigenvalue weighted by molar-refractivity contribution is 0.101. The van der Waals surface area contributed by atoms with Crippen LogP contribution >= 0.6 is 38.9 Å². The number of hydrogen-bond acceptors (Lipinski definition) is 4. The van der Waals surface area contributed by atoms with Crippen LogP contribution in [0.3, 0.4) is 0 Å². The Kier molecular flexibility index (Phi) is 5.47. The van der Waals surface area contributed by atoms with Crippen LogP contribution in [0.15, 0.2) is 58.4 Å². The summed E-state index contributed by atoms with van der Waals surface area (Å²) in [6, 6.07) is 13.7. The molecule has 0 fully saturated rings. The van der Waals surface area contributed by atoms with E-state index in [9.17, 15) is 9.59 Å². The minimum absolute atomic E-state index is 0.233. The van der Waals surface area contributed by atoms with Crippen LogP contribution in [0.2, 0.25) is 5.02 Å². The lowest BCUT2D eigenvalue weighted by Gasteiger charge is -2.03. The summed E-state index contributed by atoms with van der Waals surface area (Å²) in [6.45, 7) is 0. The van der Waals surface area contributed by atoms with Gasteiger partial charge in [0.15, 0.2) is 5.13 Å². The Labute approximate surface area is 161 Å². The second kappa shape index (κ2) is 7.77. The van der Waals surface area contributed by atoms with E-state index < -0.39 is 0 Å². The molecule has 1 aromatic heterocycles. The molecule has 0 unspecified atom stereocenters. The van der Waals surface area contributed by atoms with Gasteiger partial charge in [-0.15, -0.1) is 11.3 Å². The van der Waals surface area contributed by atoms with Gasteiger partial charge >= 0.3 is 0 Å². The summed E-state index contributed by atoms with van der Waals surface area (Å²) < 4.78 is 0.861. The minimum atomic E-state index is -0.346. The quantitative estimate of drug-likeness (QED) is 0.600. The number of anilines is 2. The number of aromatic nitrogens is 1. The van der Waals surface area contributed by atoms with E-state index in [1.165, 1.54) is 11.3 Å². The van der Waals surface area contributed by atoms with E-state index in [0.29, 0.717) is 21.4 Å². The third kappa shape index (κ3) is 4.66. The number of carbonyl (C=O) groups excluding carboxylic acids is 2. The molecule has 8 heteroatoms. The van der Waals surface area contributed by atoms with Gasteiger partial charge in [0.05, 0.1) is 0 Å². The summed E-state index contributed by atoms with van der Waals surface area (Å²) in [5, 5.41) is 7.90. The molecule has 0 aliphatic heterocycles. The molecule has 0 saturated heterocycles. The van der Waals surface area contributed by atoms with Crippen molar-refractivity contribution in [2.24, 2.45) is 0 Å². The van der Waals surface area contributed by atoms with Gasteiger partial charge in [0, 0.05) is 26.1 Å². The summed E-state index contributed by atoms with van der Waals surface area (Å²) >= 11 is 10.3. The maximum absolute atomic E-state index is 12.2. The van der Waals surface area contributed by atoms with Gasteiger partial charge in [-0.25, -0.2) is 4.98 Å². The molecule has 1 heterocycles. The van der Waals surface area contributed by atoms with Gasteiger partial charge in [-0.2, -0.15) is 0 Å². The normalized spacial score (nSPS) is 10.3. The molecule has 0 aliphatic rings.